The van der Waals surface area contributed by atoms with Gasteiger partial charge in [-0.2, -0.15) is 0 Å². The second kappa shape index (κ2) is 7.04. The molecular weight excluding hydrogens is 374 g/mol. The number of hydrogen-bond donors (Lipinski definition) is 1. The van der Waals surface area contributed by atoms with Crippen molar-refractivity contribution in [3.05, 3.63) is 35.1 Å². The van der Waals surface area contributed by atoms with E-state index in [2.05, 4.69) is 30.8 Å². The molecule has 0 unspecified atom stereocenters. The molecule has 0 spiro atoms. The lowest BCUT2D eigenvalue weighted by molar-refractivity contribution is -0.129. The van der Waals surface area contributed by atoms with Crippen molar-refractivity contribution in [2.24, 2.45) is 0 Å². The van der Waals surface area contributed by atoms with Gasteiger partial charge in [-0.3, -0.25) is 4.79 Å². The number of rotatable bonds is 3. The summed E-state index contributed by atoms with van der Waals surface area (Å²) >= 11 is 3.24. The first kappa shape index (κ1) is 16.5. The number of halogens is 1. The van der Waals surface area contributed by atoms with Gasteiger partial charge < -0.3 is 20.3 Å². The summed E-state index contributed by atoms with van der Waals surface area (Å²) in [5, 5.41) is 0. The van der Waals surface area contributed by atoms with E-state index in [4.69, 9.17) is 10.5 Å². The quantitative estimate of drug-likeness (QED) is 0.863. The lowest BCUT2D eigenvalue weighted by Crippen LogP contribution is -2.48. The van der Waals surface area contributed by atoms with Crippen LogP contribution in [0.15, 0.2) is 35.1 Å². The van der Waals surface area contributed by atoms with Crippen molar-refractivity contribution in [1.82, 2.24) is 14.9 Å². The van der Waals surface area contributed by atoms with Crippen LogP contribution in [0, 0.1) is 0 Å². The molecule has 1 aliphatic rings. The van der Waals surface area contributed by atoms with E-state index in [-0.39, 0.29) is 17.6 Å². The van der Waals surface area contributed by atoms with Gasteiger partial charge >= 0.3 is 0 Å². The van der Waals surface area contributed by atoms with E-state index in [0.29, 0.717) is 10.4 Å². The van der Waals surface area contributed by atoms with E-state index in [0.717, 1.165) is 31.9 Å². The van der Waals surface area contributed by atoms with Crippen molar-refractivity contribution in [1.29, 1.82) is 0 Å². The molecule has 24 heavy (non-hydrogen) atoms. The van der Waals surface area contributed by atoms with E-state index >= 15 is 0 Å². The fraction of sp³-hybridized carbons (Fsp3) is 0.312. The fourth-order valence-corrected chi connectivity index (χ4v) is 2.82. The number of nitrogens with zero attached hydrogens (tertiary/aromatic N) is 4. The largest absolute Gasteiger partial charge is 0.436 e. The molecule has 1 aromatic carbocycles. The van der Waals surface area contributed by atoms with E-state index < -0.39 is 0 Å². The van der Waals surface area contributed by atoms with Gasteiger partial charge in [0.15, 0.2) is 5.82 Å². The van der Waals surface area contributed by atoms with Gasteiger partial charge in [0.05, 0.1) is 6.20 Å². The van der Waals surface area contributed by atoms with Crippen LogP contribution >= 0.6 is 15.9 Å². The minimum absolute atomic E-state index is 0.131. The molecular formula is C16H18BrN5O2. The van der Waals surface area contributed by atoms with Gasteiger partial charge in [-0.05, 0) is 40.2 Å². The van der Waals surface area contributed by atoms with Gasteiger partial charge in [-0.15, -0.1) is 0 Å². The third-order valence-corrected chi connectivity index (χ3v) is 4.26. The van der Waals surface area contributed by atoms with Crippen molar-refractivity contribution in [3.63, 3.8) is 0 Å². The van der Waals surface area contributed by atoms with Crippen LogP contribution in [0.25, 0.3) is 0 Å². The standard InChI is InChI=1S/C16H18BrN5O2/c1-11(23)21-6-8-22(9-7-21)12-2-4-13(5-3-12)24-16-15(18)19-10-14(17)20-16/h2-5,10H,6-9H2,1H3,(H2,18,19). The molecule has 3 rings (SSSR count). The molecule has 1 saturated heterocycles. The number of ether oxygens (including phenoxy) is 1. The Balaban J connectivity index is 1.66. The number of carbonyl (C=O) groups excluding carboxylic acids is 1. The predicted octanol–water partition coefficient (Wildman–Crippen LogP) is 2.28. The maximum Gasteiger partial charge on any atom is 0.263 e. The summed E-state index contributed by atoms with van der Waals surface area (Å²) in [7, 11) is 0. The number of carbonyl (C=O) groups is 1. The van der Waals surface area contributed by atoms with Crippen LogP contribution in [-0.2, 0) is 4.79 Å². The third kappa shape index (κ3) is 3.76. The van der Waals surface area contributed by atoms with Crippen molar-refractivity contribution in [3.8, 4) is 11.6 Å². The molecule has 0 saturated carbocycles. The number of piperazine rings is 1. The first-order valence-corrected chi connectivity index (χ1v) is 8.38. The molecule has 2 aromatic rings. The van der Waals surface area contributed by atoms with Crippen LogP contribution in [0.3, 0.4) is 0 Å². The lowest BCUT2D eigenvalue weighted by Gasteiger charge is -2.35. The smallest absolute Gasteiger partial charge is 0.263 e. The minimum Gasteiger partial charge on any atom is -0.436 e. The third-order valence-electron chi connectivity index (χ3n) is 3.88. The monoisotopic (exact) mass is 391 g/mol. The summed E-state index contributed by atoms with van der Waals surface area (Å²) in [6, 6.07) is 7.71. The molecule has 1 aromatic heterocycles. The van der Waals surface area contributed by atoms with Crippen LogP contribution in [0.2, 0.25) is 0 Å². The molecule has 1 amide bonds. The van der Waals surface area contributed by atoms with Crippen LogP contribution in [0.5, 0.6) is 11.6 Å². The Morgan fingerprint density at radius 2 is 1.88 bits per heavy atom. The molecule has 0 atom stereocenters. The maximum atomic E-state index is 11.4. The minimum atomic E-state index is 0.131. The number of amides is 1. The van der Waals surface area contributed by atoms with E-state index in [1.165, 1.54) is 6.20 Å². The van der Waals surface area contributed by atoms with Crippen molar-refractivity contribution >= 4 is 33.3 Å². The Hall–Kier alpha value is -2.35. The predicted molar refractivity (Wildman–Crippen MR) is 95.1 cm³/mol. The molecule has 1 aliphatic heterocycles. The van der Waals surface area contributed by atoms with Crippen LogP contribution in [0.4, 0.5) is 11.5 Å². The molecule has 2 heterocycles. The molecule has 0 bridgehead atoms. The second-order valence-electron chi connectivity index (χ2n) is 5.47. The zero-order valence-electron chi connectivity index (χ0n) is 13.3. The number of anilines is 2. The SMILES string of the molecule is CC(=O)N1CCN(c2ccc(Oc3nc(Br)cnc3N)cc2)CC1. The highest BCUT2D eigenvalue weighted by Gasteiger charge is 2.18. The molecule has 1 fully saturated rings. The first-order valence-electron chi connectivity index (χ1n) is 7.59. The summed E-state index contributed by atoms with van der Waals surface area (Å²) < 4.78 is 6.24. The number of benzene rings is 1. The highest BCUT2D eigenvalue weighted by molar-refractivity contribution is 9.10. The number of nitrogen functional groups attached to an aromatic ring is 1. The highest BCUT2D eigenvalue weighted by Crippen LogP contribution is 2.27. The van der Waals surface area contributed by atoms with Gasteiger partial charge in [-0.1, -0.05) is 0 Å². The normalized spacial score (nSPS) is 14.6. The Kier molecular flexibility index (Phi) is 4.84. The van der Waals surface area contributed by atoms with E-state index in [1.54, 1.807) is 6.92 Å². The average molecular weight is 392 g/mol. The molecule has 7 nitrogen and oxygen atoms in total. The zero-order valence-corrected chi connectivity index (χ0v) is 14.9. The Morgan fingerprint density at radius 1 is 1.21 bits per heavy atom. The van der Waals surface area contributed by atoms with Gasteiger partial charge in [-0.25, -0.2) is 9.97 Å². The Morgan fingerprint density at radius 3 is 2.50 bits per heavy atom. The van der Waals surface area contributed by atoms with Gasteiger partial charge in [0, 0.05) is 38.8 Å². The van der Waals surface area contributed by atoms with Crippen LogP contribution in [0.1, 0.15) is 6.92 Å². The van der Waals surface area contributed by atoms with E-state index in [9.17, 15) is 4.79 Å². The maximum absolute atomic E-state index is 11.4. The topological polar surface area (TPSA) is 84.6 Å². The molecule has 0 aliphatic carbocycles. The number of nitrogens with two attached hydrogens (primary N) is 1. The van der Waals surface area contributed by atoms with Crippen molar-refractivity contribution in [2.45, 2.75) is 6.92 Å². The summed E-state index contributed by atoms with van der Waals surface area (Å²) in [5.74, 6) is 1.28. The summed E-state index contributed by atoms with van der Waals surface area (Å²) in [5.41, 5.74) is 6.86. The van der Waals surface area contributed by atoms with E-state index in [1.807, 2.05) is 29.2 Å². The zero-order chi connectivity index (χ0) is 17.1. The first-order chi connectivity index (χ1) is 11.5. The summed E-state index contributed by atoms with van der Waals surface area (Å²) in [6.07, 6.45) is 1.52. The van der Waals surface area contributed by atoms with Gasteiger partial charge in [0.25, 0.3) is 5.88 Å². The molecule has 8 heteroatoms. The Labute approximate surface area is 148 Å². The van der Waals surface area contributed by atoms with Crippen LogP contribution in [-0.4, -0.2) is 47.0 Å². The highest BCUT2D eigenvalue weighted by atomic mass is 79.9. The summed E-state index contributed by atoms with van der Waals surface area (Å²) in [6.45, 7) is 4.75. The fourth-order valence-electron chi connectivity index (χ4n) is 2.55. The molecule has 126 valence electrons. The molecule has 0 radical (unpaired) electrons. The Bertz CT molecular complexity index is 730. The van der Waals surface area contributed by atoms with Gasteiger partial charge in [0.2, 0.25) is 5.91 Å². The average Bonchev–Trinajstić information content (AvgIpc) is 2.59. The second-order valence-corrected chi connectivity index (χ2v) is 6.28. The van der Waals surface area contributed by atoms with Crippen molar-refractivity contribution < 1.29 is 9.53 Å². The lowest BCUT2D eigenvalue weighted by atomic mass is 10.2. The van der Waals surface area contributed by atoms with Crippen LogP contribution < -0.4 is 15.4 Å². The van der Waals surface area contributed by atoms with Gasteiger partial charge in [0.1, 0.15) is 10.4 Å². The molecule has 2 N–H and O–H groups in total. The number of hydrogen-bond acceptors (Lipinski definition) is 6. The van der Waals surface area contributed by atoms with Crippen molar-refractivity contribution in [2.75, 3.05) is 36.8 Å². The summed E-state index contributed by atoms with van der Waals surface area (Å²) in [4.78, 5) is 23.6. The number of aromatic nitrogens is 2.